The first kappa shape index (κ1) is 15.0. The summed E-state index contributed by atoms with van der Waals surface area (Å²) in [5.74, 6) is -1.19. The molecule has 0 amide bonds. The van der Waals surface area contributed by atoms with Crippen molar-refractivity contribution >= 4 is 16.0 Å². The highest BCUT2D eigenvalue weighted by Gasteiger charge is 2.39. The highest BCUT2D eigenvalue weighted by molar-refractivity contribution is 7.89. The van der Waals surface area contributed by atoms with Crippen LogP contribution in [0.25, 0.3) is 0 Å². The lowest BCUT2D eigenvalue weighted by molar-refractivity contribution is -0.139. The van der Waals surface area contributed by atoms with Crippen molar-refractivity contribution < 1.29 is 18.3 Å². The zero-order valence-electron chi connectivity index (χ0n) is 11.4. The maximum atomic E-state index is 12.2. The molecule has 1 fully saturated rings. The predicted octanol–water partition coefficient (Wildman–Crippen LogP) is 1.78. The molecule has 1 unspecified atom stereocenters. The molecule has 2 N–H and O–H groups in total. The van der Waals surface area contributed by atoms with Crippen molar-refractivity contribution in [2.24, 2.45) is 5.92 Å². The molecular formula is C14H19NO4S. The van der Waals surface area contributed by atoms with E-state index in [0.717, 1.165) is 31.2 Å². The summed E-state index contributed by atoms with van der Waals surface area (Å²) in [4.78, 5) is 11.2. The third-order valence-corrected chi connectivity index (χ3v) is 4.87. The molecule has 0 radical (unpaired) electrons. The van der Waals surface area contributed by atoms with Crippen LogP contribution in [0.3, 0.4) is 0 Å². The Morgan fingerprint density at radius 3 is 2.40 bits per heavy atom. The number of benzene rings is 1. The van der Waals surface area contributed by atoms with Crippen LogP contribution in [0.5, 0.6) is 0 Å². The summed E-state index contributed by atoms with van der Waals surface area (Å²) in [5.41, 5.74) is 1.07. The monoisotopic (exact) mass is 297 g/mol. The van der Waals surface area contributed by atoms with Crippen molar-refractivity contribution in [1.29, 1.82) is 0 Å². The van der Waals surface area contributed by atoms with Gasteiger partial charge in [0.1, 0.15) is 6.04 Å². The molecule has 1 aromatic carbocycles. The van der Waals surface area contributed by atoms with Crippen molar-refractivity contribution in [2.45, 2.75) is 43.5 Å². The van der Waals surface area contributed by atoms with Crippen LogP contribution in [0.15, 0.2) is 29.2 Å². The molecule has 1 aliphatic rings. The number of carboxylic acids is 1. The minimum Gasteiger partial charge on any atom is -0.480 e. The van der Waals surface area contributed by atoms with Crippen molar-refractivity contribution in [3.8, 4) is 0 Å². The molecule has 1 aliphatic carbocycles. The first-order valence-electron chi connectivity index (χ1n) is 6.78. The first-order chi connectivity index (χ1) is 9.44. The fourth-order valence-electron chi connectivity index (χ4n) is 2.14. The molecular weight excluding hydrogens is 278 g/mol. The SMILES string of the molecule is CCCc1ccc(S(=O)(=O)NC(C(=O)O)C2CC2)cc1. The minimum absolute atomic E-state index is 0.0818. The van der Waals surface area contributed by atoms with E-state index in [1.165, 1.54) is 12.1 Å². The van der Waals surface area contributed by atoms with Gasteiger partial charge in [-0.3, -0.25) is 4.79 Å². The van der Waals surface area contributed by atoms with Crippen LogP contribution in [-0.2, 0) is 21.2 Å². The van der Waals surface area contributed by atoms with E-state index in [-0.39, 0.29) is 10.8 Å². The lowest BCUT2D eigenvalue weighted by Gasteiger charge is -2.14. The van der Waals surface area contributed by atoms with E-state index in [0.29, 0.717) is 0 Å². The standard InChI is InChI=1S/C14H19NO4S/c1-2-3-10-4-8-12(9-5-10)20(18,19)15-13(14(16)17)11-6-7-11/h4-5,8-9,11,13,15H,2-3,6-7H2,1H3,(H,16,17). The molecule has 0 spiro atoms. The fourth-order valence-corrected chi connectivity index (χ4v) is 3.40. The van der Waals surface area contributed by atoms with Crippen LogP contribution in [0.2, 0.25) is 0 Å². The maximum absolute atomic E-state index is 12.2. The smallest absolute Gasteiger partial charge is 0.322 e. The van der Waals surface area contributed by atoms with Crippen molar-refractivity contribution in [3.05, 3.63) is 29.8 Å². The Labute approximate surface area is 119 Å². The van der Waals surface area contributed by atoms with Crippen molar-refractivity contribution in [3.63, 3.8) is 0 Å². The number of carboxylic acid groups (broad SMARTS) is 1. The third-order valence-electron chi connectivity index (χ3n) is 3.41. The topological polar surface area (TPSA) is 83.5 Å². The largest absolute Gasteiger partial charge is 0.480 e. The minimum atomic E-state index is -3.77. The fraction of sp³-hybridized carbons (Fsp3) is 0.500. The van der Waals surface area contributed by atoms with Gasteiger partial charge in [0.25, 0.3) is 0 Å². The van der Waals surface area contributed by atoms with Crippen LogP contribution in [0.1, 0.15) is 31.7 Å². The summed E-state index contributed by atoms with van der Waals surface area (Å²) in [6.45, 7) is 2.05. The Bertz CT molecular complexity index is 576. The number of carbonyl (C=O) groups is 1. The number of nitrogens with one attached hydrogen (secondary N) is 1. The molecule has 20 heavy (non-hydrogen) atoms. The summed E-state index contributed by atoms with van der Waals surface area (Å²) >= 11 is 0. The van der Waals surface area contributed by atoms with Crippen LogP contribution in [0.4, 0.5) is 0 Å². The molecule has 0 bridgehead atoms. The van der Waals surface area contributed by atoms with E-state index in [1.54, 1.807) is 12.1 Å². The van der Waals surface area contributed by atoms with Crippen LogP contribution < -0.4 is 4.72 Å². The Hall–Kier alpha value is -1.40. The summed E-state index contributed by atoms with van der Waals surface area (Å²) in [6, 6.07) is 5.57. The van der Waals surface area contributed by atoms with Crippen molar-refractivity contribution in [1.82, 2.24) is 4.72 Å². The highest BCUT2D eigenvalue weighted by Crippen LogP contribution is 2.33. The summed E-state index contributed by atoms with van der Waals surface area (Å²) in [6.07, 6.45) is 3.41. The molecule has 110 valence electrons. The zero-order valence-corrected chi connectivity index (χ0v) is 12.2. The van der Waals surface area contributed by atoms with Gasteiger partial charge in [-0.05, 0) is 42.9 Å². The summed E-state index contributed by atoms with van der Waals surface area (Å²) in [7, 11) is -3.77. The third kappa shape index (κ3) is 3.58. The molecule has 1 atom stereocenters. The van der Waals surface area contributed by atoms with Gasteiger partial charge in [-0.2, -0.15) is 4.72 Å². The van der Waals surface area contributed by atoms with Crippen LogP contribution >= 0.6 is 0 Å². The Morgan fingerprint density at radius 1 is 1.35 bits per heavy atom. The van der Waals surface area contributed by atoms with Gasteiger partial charge < -0.3 is 5.11 Å². The average molecular weight is 297 g/mol. The molecule has 0 heterocycles. The number of rotatable bonds is 7. The zero-order chi connectivity index (χ0) is 14.8. The number of aliphatic carboxylic acids is 1. The second-order valence-corrected chi connectivity index (χ2v) is 6.88. The van der Waals surface area contributed by atoms with Gasteiger partial charge >= 0.3 is 5.97 Å². The highest BCUT2D eigenvalue weighted by atomic mass is 32.2. The summed E-state index contributed by atoms with van der Waals surface area (Å²) < 4.78 is 26.6. The normalized spacial score (nSPS) is 16.9. The molecule has 6 heteroatoms. The number of sulfonamides is 1. The molecule has 0 aliphatic heterocycles. The predicted molar refractivity (Wildman–Crippen MR) is 74.9 cm³/mol. The summed E-state index contributed by atoms with van der Waals surface area (Å²) in [5, 5.41) is 9.08. The maximum Gasteiger partial charge on any atom is 0.322 e. The van der Waals surface area contributed by atoms with Crippen molar-refractivity contribution in [2.75, 3.05) is 0 Å². The quantitative estimate of drug-likeness (QED) is 0.803. The van der Waals surface area contributed by atoms with Crippen LogP contribution in [-0.4, -0.2) is 25.5 Å². The van der Waals surface area contributed by atoms with Gasteiger partial charge in [-0.25, -0.2) is 8.42 Å². The lowest BCUT2D eigenvalue weighted by atomic mass is 10.1. The van der Waals surface area contributed by atoms with Gasteiger partial charge in [0, 0.05) is 0 Å². The second kappa shape index (κ2) is 5.93. The van der Waals surface area contributed by atoms with Gasteiger partial charge in [0.15, 0.2) is 0 Å². The Balaban J connectivity index is 2.14. The Morgan fingerprint density at radius 2 is 1.95 bits per heavy atom. The van der Waals surface area contributed by atoms with Gasteiger partial charge in [-0.15, -0.1) is 0 Å². The van der Waals surface area contributed by atoms with E-state index >= 15 is 0 Å². The van der Waals surface area contributed by atoms with Gasteiger partial charge in [0.2, 0.25) is 10.0 Å². The Kier molecular flexibility index (Phi) is 4.45. The second-order valence-electron chi connectivity index (χ2n) is 5.17. The van der Waals surface area contributed by atoms with Gasteiger partial charge in [0.05, 0.1) is 4.90 Å². The number of aryl methyl sites for hydroxylation is 1. The molecule has 0 aromatic heterocycles. The average Bonchev–Trinajstić information content (AvgIpc) is 3.21. The number of hydrogen-bond donors (Lipinski definition) is 2. The van der Waals surface area contributed by atoms with E-state index in [4.69, 9.17) is 5.11 Å². The molecule has 2 rings (SSSR count). The van der Waals surface area contributed by atoms with Gasteiger partial charge in [-0.1, -0.05) is 25.5 Å². The van der Waals surface area contributed by atoms with E-state index < -0.39 is 22.0 Å². The lowest BCUT2D eigenvalue weighted by Crippen LogP contribution is -2.42. The molecule has 0 saturated heterocycles. The molecule has 1 saturated carbocycles. The molecule has 1 aromatic rings. The van der Waals surface area contributed by atoms with E-state index in [9.17, 15) is 13.2 Å². The van der Waals surface area contributed by atoms with E-state index in [1.807, 2.05) is 0 Å². The molecule has 5 nitrogen and oxygen atoms in total. The first-order valence-corrected chi connectivity index (χ1v) is 8.26. The number of hydrogen-bond acceptors (Lipinski definition) is 3. The van der Waals surface area contributed by atoms with E-state index in [2.05, 4.69) is 11.6 Å². The van der Waals surface area contributed by atoms with Crippen LogP contribution in [0, 0.1) is 5.92 Å².